The van der Waals surface area contributed by atoms with Gasteiger partial charge in [0, 0.05) is 5.69 Å². The Labute approximate surface area is 143 Å². The van der Waals surface area contributed by atoms with Crippen LogP contribution in [0.5, 0.6) is 0 Å². The van der Waals surface area contributed by atoms with E-state index in [0.717, 1.165) is 0 Å². The molecule has 2 aromatic heterocycles. The van der Waals surface area contributed by atoms with Crippen LogP contribution in [0.3, 0.4) is 0 Å². The summed E-state index contributed by atoms with van der Waals surface area (Å²) in [5.74, 6) is 2.75. The molecule has 3 aromatic rings. The summed E-state index contributed by atoms with van der Waals surface area (Å²) >= 11 is 1.22. The standard InChI is InChI=1S/C18H15N3O2S/c1-4-10-21-12(3)19-17-14(18(21)23)11(2)15(24-17)16(22)20-13-8-6-5-7-9-13/h1,5-9H,10H2,2-3H3,(H,20,22). The molecule has 0 saturated heterocycles. The molecule has 0 aliphatic heterocycles. The van der Waals surface area contributed by atoms with Crippen molar-refractivity contribution in [2.24, 2.45) is 0 Å². The van der Waals surface area contributed by atoms with Crippen LogP contribution < -0.4 is 10.9 Å². The summed E-state index contributed by atoms with van der Waals surface area (Å²) in [4.78, 5) is 30.7. The van der Waals surface area contributed by atoms with Crippen molar-refractivity contribution in [1.82, 2.24) is 9.55 Å². The van der Waals surface area contributed by atoms with Crippen LogP contribution in [0.1, 0.15) is 21.1 Å². The lowest BCUT2D eigenvalue weighted by atomic mass is 10.2. The topological polar surface area (TPSA) is 64.0 Å². The number of rotatable bonds is 3. The maximum absolute atomic E-state index is 12.7. The third kappa shape index (κ3) is 2.70. The van der Waals surface area contributed by atoms with Gasteiger partial charge in [-0.15, -0.1) is 17.8 Å². The maximum atomic E-state index is 12.7. The van der Waals surface area contributed by atoms with E-state index >= 15 is 0 Å². The maximum Gasteiger partial charge on any atom is 0.266 e. The number of nitrogens with one attached hydrogen (secondary N) is 1. The number of carbonyl (C=O) groups excluding carboxylic acids is 1. The van der Waals surface area contributed by atoms with Gasteiger partial charge in [-0.2, -0.15) is 0 Å². The zero-order chi connectivity index (χ0) is 17.3. The molecular weight excluding hydrogens is 322 g/mol. The van der Waals surface area contributed by atoms with E-state index in [1.165, 1.54) is 15.9 Å². The normalized spacial score (nSPS) is 10.5. The summed E-state index contributed by atoms with van der Waals surface area (Å²) in [5, 5.41) is 3.29. The lowest BCUT2D eigenvalue weighted by Gasteiger charge is -2.05. The Morgan fingerprint density at radius 3 is 2.71 bits per heavy atom. The van der Waals surface area contributed by atoms with Gasteiger partial charge in [0.2, 0.25) is 0 Å². The van der Waals surface area contributed by atoms with Crippen molar-refractivity contribution in [3.63, 3.8) is 0 Å². The number of terminal acetylenes is 1. The average molecular weight is 337 g/mol. The van der Waals surface area contributed by atoms with Gasteiger partial charge in [-0.05, 0) is 31.5 Å². The predicted octanol–water partition coefficient (Wildman–Crippen LogP) is 2.96. The van der Waals surface area contributed by atoms with Gasteiger partial charge in [0.15, 0.2) is 0 Å². The van der Waals surface area contributed by atoms with E-state index in [9.17, 15) is 9.59 Å². The minimum atomic E-state index is -0.248. The Balaban J connectivity index is 2.09. The van der Waals surface area contributed by atoms with Crippen molar-refractivity contribution in [2.75, 3.05) is 5.32 Å². The van der Waals surface area contributed by atoms with Crippen LogP contribution in [0.4, 0.5) is 5.69 Å². The minimum absolute atomic E-state index is 0.161. The molecule has 0 aliphatic carbocycles. The van der Waals surface area contributed by atoms with E-state index in [0.29, 0.717) is 32.2 Å². The van der Waals surface area contributed by atoms with Crippen LogP contribution in [0, 0.1) is 26.2 Å². The summed E-state index contributed by atoms with van der Waals surface area (Å²) in [6.07, 6.45) is 5.32. The number of nitrogens with zero attached hydrogens (tertiary/aromatic N) is 2. The van der Waals surface area contributed by atoms with Gasteiger partial charge in [-0.3, -0.25) is 14.2 Å². The number of anilines is 1. The van der Waals surface area contributed by atoms with Gasteiger partial charge in [-0.25, -0.2) is 4.98 Å². The van der Waals surface area contributed by atoms with E-state index in [1.807, 2.05) is 30.3 Å². The molecule has 0 spiro atoms. The van der Waals surface area contributed by atoms with E-state index < -0.39 is 0 Å². The van der Waals surface area contributed by atoms with E-state index in [1.54, 1.807) is 13.8 Å². The highest BCUT2D eigenvalue weighted by atomic mass is 32.1. The summed E-state index contributed by atoms with van der Waals surface area (Å²) < 4.78 is 1.45. The van der Waals surface area contributed by atoms with E-state index in [2.05, 4.69) is 16.2 Å². The lowest BCUT2D eigenvalue weighted by molar-refractivity contribution is 0.103. The Morgan fingerprint density at radius 1 is 1.33 bits per heavy atom. The number of para-hydroxylation sites is 1. The van der Waals surface area contributed by atoms with Crippen LogP contribution in [-0.2, 0) is 6.54 Å². The first-order valence-corrected chi connectivity index (χ1v) is 8.15. The van der Waals surface area contributed by atoms with Crippen LogP contribution in [0.15, 0.2) is 35.1 Å². The molecule has 0 fully saturated rings. The average Bonchev–Trinajstić information content (AvgIpc) is 2.89. The number of thiophene rings is 1. The fourth-order valence-corrected chi connectivity index (χ4v) is 3.63. The zero-order valence-electron chi connectivity index (χ0n) is 13.3. The molecule has 3 rings (SSSR count). The van der Waals surface area contributed by atoms with Crippen LogP contribution >= 0.6 is 11.3 Å². The summed E-state index contributed by atoms with van der Waals surface area (Å²) in [6.45, 7) is 3.66. The highest BCUT2D eigenvalue weighted by Crippen LogP contribution is 2.28. The summed E-state index contributed by atoms with van der Waals surface area (Å²) in [6, 6.07) is 9.18. The molecule has 0 saturated carbocycles. The number of benzene rings is 1. The summed E-state index contributed by atoms with van der Waals surface area (Å²) in [5.41, 5.74) is 1.13. The quantitative estimate of drug-likeness (QED) is 0.747. The third-order valence-corrected chi connectivity index (χ3v) is 4.91. The number of amides is 1. The van der Waals surface area contributed by atoms with Gasteiger partial charge >= 0.3 is 0 Å². The fourth-order valence-electron chi connectivity index (χ4n) is 2.52. The molecule has 1 amide bonds. The van der Waals surface area contributed by atoms with Gasteiger partial charge in [0.1, 0.15) is 10.7 Å². The lowest BCUT2D eigenvalue weighted by Crippen LogP contribution is -2.23. The van der Waals surface area contributed by atoms with Crippen molar-refractivity contribution in [3.8, 4) is 12.3 Å². The van der Waals surface area contributed by atoms with Crippen molar-refractivity contribution in [1.29, 1.82) is 0 Å². The first kappa shape index (κ1) is 16.0. The third-order valence-electron chi connectivity index (χ3n) is 3.73. The smallest absolute Gasteiger partial charge is 0.266 e. The van der Waals surface area contributed by atoms with Gasteiger partial charge in [-0.1, -0.05) is 24.1 Å². The Bertz CT molecular complexity index is 1030. The fraction of sp³-hybridized carbons (Fsp3) is 0.167. The Kier molecular flexibility index (Phi) is 4.19. The van der Waals surface area contributed by atoms with E-state index in [-0.39, 0.29) is 18.0 Å². The second-order valence-electron chi connectivity index (χ2n) is 5.31. The summed E-state index contributed by atoms with van der Waals surface area (Å²) in [7, 11) is 0. The van der Waals surface area contributed by atoms with E-state index in [4.69, 9.17) is 6.42 Å². The second-order valence-corrected chi connectivity index (χ2v) is 6.31. The predicted molar refractivity (Wildman–Crippen MR) is 96.6 cm³/mol. The van der Waals surface area contributed by atoms with Gasteiger partial charge in [0.05, 0.1) is 16.8 Å². The molecule has 120 valence electrons. The van der Waals surface area contributed by atoms with Crippen molar-refractivity contribution < 1.29 is 4.79 Å². The monoisotopic (exact) mass is 337 g/mol. The molecule has 1 aromatic carbocycles. The Morgan fingerprint density at radius 2 is 2.04 bits per heavy atom. The highest BCUT2D eigenvalue weighted by Gasteiger charge is 2.20. The molecule has 2 heterocycles. The minimum Gasteiger partial charge on any atom is -0.321 e. The molecule has 0 unspecified atom stereocenters. The highest BCUT2D eigenvalue weighted by molar-refractivity contribution is 7.20. The van der Waals surface area contributed by atoms with Crippen molar-refractivity contribution in [2.45, 2.75) is 20.4 Å². The molecule has 6 heteroatoms. The molecule has 0 atom stereocenters. The van der Waals surface area contributed by atoms with Gasteiger partial charge < -0.3 is 5.32 Å². The second kappa shape index (κ2) is 6.30. The zero-order valence-corrected chi connectivity index (χ0v) is 14.1. The van der Waals surface area contributed by atoms with Crippen molar-refractivity contribution >= 4 is 33.1 Å². The van der Waals surface area contributed by atoms with Gasteiger partial charge in [0.25, 0.3) is 11.5 Å². The molecule has 0 radical (unpaired) electrons. The Hall–Kier alpha value is -2.91. The first-order valence-electron chi connectivity index (χ1n) is 7.33. The number of hydrogen-bond donors (Lipinski definition) is 1. The molecular formula is C18H15N3O2S. The first-order chi connectivity index (χ1) is 11.5. The molecule has 0 aliphatic rings. The SMILES string of the molecule is C#CCn1c(C)nc2sc(C(=O)Nc3ccccc3)c(C)c2c1=O. The number of aromatic nitrogens is 2. The number of aryl methyl sites for hydroxylation is 2. The largest absolute Gasteiger partial charge is 0.321 e. The molecule has 0 bridgehead atoms. The molecule has 24 heavy (non-hydrogen) atoms. The number of fused-ring (bicyclic) bond motifs is 1. The van der Waals surface area contributed by atoms with Crippen molar-refractivity contribution in [3.05, 3.63) is 57.0 Å². The molecule has 5 nitrogen and oxygen atoms in total. The van der Waals surface area contributed by atoms with Crippen LogP contribution in [-0.4, -0.2) is 15.5 Å². The molecule has 1 N–H and O–H groups in total. The van der Waals surface area contributed by atoms with Crippen LogP contribution in [0.25, 0.3) is 10.2 Å². The number of carbonyl (C=O) groups is 1. The number of hydrogen-bond acceptors (Lipinski definition) is 4. The van der Waals surface area contributed by atoms with Crippen LogP contribution in [0.2, 0.25) is 0 Å².